The smallest absolute Gasteiger partial charge is 0.228 e. The van der Waals surface area contributed by atoms with E-state index in [9.17, 15) is 4.79 Å². The van der Waals surface area contributed by atoms with Crippen LogP contribution >= 0.6 is 11.8 Å². The van der Waals surface area contributed by atoms with E-state index in [1.807, 2.05) is 12.1 Å². The molecule has 4 heteroatoms. The Hall–Kier alpha value is -1.94. The minimum absolute atomic E-state index is 0.0111. The van der Waals surface area contributed by atoms with Crippen LogP contribution in [0.3, 0.4) is 0 Å². The Bertz CT molecular complexity index is 755. The zero-order chi connectivity index (χ0) is 15.9. The number of nitrogens with zero attached hydrogens (tertiary/aromatic N) is 1. The van der Waals surface area contributed by atoms with Crippen molar-refractivity contribution in [2.75, 3.05) is 10.6 Å². The van der Waals surface area contributed by atoms with Crippen LogP contribution in [0.4, 0.5) is 17.1 Å². The number of fused-ring (bicyclic) bond motifs is 2. The van der Waals surface area contributed by atoms with E-state index in [0.29, 0.717) is 5.69 Å². The molecule has 1 heterocycles. The van der Waals surface area contributed by atoms with Gasteiger partial charge in [0.05, 0.1) is 17.1 Å². The van der Waals surface area contributed by atoms with Crippen molar-refractivity contribution in [3.05, 3.63) is 41.5 Å². The highest BCUT2D eigenvalue weighted by atomic mass is 32.2. The van der Waals surface area contributed by atoms with Crippen molar-refractivity contribution in [3.63, 3.8) is 0 Å². The number of nitrogen functional groups attached to an aromatic ring is 1. The summed E-state index contributed by atoms with van der Waals surface area (Å²) in [6.07, 6.45) is 1.91. The molecule has 2 N–H and O–H groups in total. The van der Waals surface area contributed by atoms with Crippen LogP contribution in [0.5, 0.6) is 0 Å². The molecular weight excluding hydrogens is 292 g/mol. The molecule has 1 aliphatic heterocycles. The molecule has 1 amide bonds. The molecule has 0 saturated heterocycles. The molecule has 0 fully saturated rings. The van der Waals surface area contributed by atoms with Crippen LogP contribution in [-0.4, -0.2) is 5.91 Å². The summed E-state index contributed by atoms with van der Waals surface area (Å²) in [5, 5.41) is 0. The molecule has 3 rings (SSSR count). The number of benzene rings is 2. The molecule has 22 heavy (non-hydrogen) atoms. The van der Waals surface area contributed by atoms with Crippen LogP contribution in [0.25, 0.3) is 0 Å². The lowest BCUT2D eigenvalue weighted by Crippen LogP contribution is -2.27. The molecule has 0 saturated carbocycles. The van der Waals surface area contributed by atoms with E-state index in [0.717, 1.165) is 34.0 Å². The van der Waals surface area contributed by atoms with Gasteiger partial charge in [0, 0.05) is 16.7 Å². The molecule has 114 valence electrons. The minimum atomic E-state index is -0.0111. The molecule has 0 atom stereocenters. The first-order valence-electron chi connectivity index (χ1n) is 7.59. The molecule has 3 nitrogen and oxygen atoms in total. The van der Waals surface area contributed by atoms with Crippen molar-refractivity contribution < 1.29 is 4.79 Å². The summed E-state index contributed by atoms with van der Waals surface area (Å²) < 4.78 is 0. The van der Waals surface area contributed by atoms with Gasteiger partial charge in [0.25, 0.3) is 0 Å². The lowest BCUT2D eigenvalue weighted by atomic mass is 10.1. The maximum atomic E-state index is 12.2. The average Bonchev–Trinajstić information content (AvgIpc) is 2.51. The fourth-order valence-corrected chi connectivity index (χ4v) is 4.05. The first-order chi connectivity index (χ1) is 10.5. The van der Waals surface area contributed by atoms with Crippen molar-refractivity contribution in [2.24, 2.45) is 0 Å². The Kier molecular flexibility index (Phi) is 3.87. The van der Waals surface area contributed by atoms with Crippen LogP contribution in [0.1, 0.15) is 31.9 Å². The second-order valence-corrected chi connectivity index (χ2v) is 6.58. The first-order valence-corrected chi connectivity index (χ1v) is 8.40. The van der Waals surface area contributed by atoms with Crippen LogP contribution in [0.15, 0.2) is 40.1 Å². The second kappa shape index (κ2) is 5.69. The number of rotatable bonds is 2. The third-order valence-electron chi connectivity index (χ3n) is 4.00. The summed E-state index contributed by atoms with van der Waals surface area (Å²) >= 11 is 1.70. The third-order valence-corrected chi connectivity index (χ3v) is 5.08. The quantitative estimate of drug-likeness (QED) is 0.828. The highest BCUT2D eigenvalue weighted by molar-refractivity contribution is 7.99. The molecule has 0 spiro atoms. The summed E-state index contributed by atoms with van der Waals surface area (Å²) in [5.41, 5.74) is 11.1. The normalized spacial score (nSPS) is 12.8. The summed E-state index contributed by atoms with van der Waals surface area (Å²) in [4.78, 5) is 16.2. The van der Waals surface area contributed by atoms with Gasteiger partial charge in [-0.05, 0) is 48.2 Å². The van der Waals surface area contributed by atoms with Crippen molar-refractivity contribution in [3.8, 4) is 0 Å². The molecular formula is C18H20N2OS. The Labute approximate surface area is 135 Å². The van der Waals surface area contributed by atoms with Gasteiger partial charge in [0.2, 0.25) is 5.91 Å². The second-order valence-electron chi connectivity index (χ2n) is 5.50. The molecule has 0 radical (unpaired) electrons. The van der Waals surface area contributed by atoms with Crippen molar-refractivity contribution in [1.82, 2.24) is 0 Å². The number of carbonyl (C=O) groups excluding carboxylic acids is 1. The number of hydrogen-bond donors (Lipinski definition) is 1. The first kappa shape index (κ1) is 15.0. The van der Waals surface area contributed by atoms with Crippen LogP contribution in [-0.2, 0) is 17.6 Å². The van der Waals surface area contributed by atoms with E-state index in [4.69, 9.17) is 5.73 Å². The highest BCUT2D eigenvalue weighted by Gasteiger charge is 2.28. The van der Waals surface area contributed by atoms with Crippen LogP contribution in [0.2, 0.25) is 0 Å². The van der Waals surface area contributed by atoms with E-state index in [2.05, 4.69) is 32.0 Å². The fourth-order valence-electron chi connectivity index (χ4n) is 2.82. The summed E-state index contributed by atoms with van der Waals surface area (Å²) in [6, 6.07) is 10.4. The SMILES string of the molecule is CCc1ccc2c(c1)Sc1cc(CC)cc(N)c1N2C(C)=O. The molecule has 2 aromatic rings. The van der Waals surface area contributed by atoms with Gasteiger partial charge >= 0.3 is 0 Å². The average molecular weight is 312 g/mol. The zero-order valence-corrected chi connectivity index (χ0v) is 14.0. The molecule has 0 unspecified atom stereocenters. The Morgan fingerprint density at radius 2 is 1.77 bits per heavy atom. The predicted molar refractivity (Wildman–Crippen MR) is 93.0 cm³/mol. The topological polar surface area (TPSA) is 46.3 Å². The van der Waals surface area contributed by atoms with E-state index in [1.54, 1.807) is 23.6 Å². The van der Waals surface area contributed by atoms with E-state index < -0.39 is 0 Å². The minimum Gasteiger partial charge on any atom is -0.397 e. The van der Waals surface area contributed by atoms with Gasteiger partial charge in [-0.15, -0.1) is 0 Å². The zero-order valence-electron chi connectivity index (χ0n) is 13.1. The number of amides is 1. The summed E-state index contributed by atoms with van der Waals surface area (Å²) in [5.74, 6) is -0.0111. The number of anilines is 3. The van der Waals surface area contributed by atoms with Gasteiger partial charge in [-0.2, -0.15) is 0 Å². The maximum absolute atomic E-state index is 12.2. The van der Waals surface area contributed by atoms with Crippen molar-refractivity contribution in [1.29, 1.82) is 0 Å². The molecule has 0 aliphatic carbocycles. The van der Waals surface area contributed by atoms with Crippen LogP contribution < -0.4 is 10.6 Å². The van der Waals surface area contributed by atoms with Gasteiger partial charge in [-0.3, -0.25) is 9.69 Å². The summed E-state index contributed by atoms with van der Waals surface area (Å²) in [7, 11) is 0. The van der Waals surface area contributed by atoms with Crippen molar-refractivity contribution >= 4 is 34.7 Å². The molecule has 0 bridgehead atoms. The lowest BCUT2D eigenvalue weighted by molar-refractivity contribution is -0.115. The van der Waals surface area contributed by atoms with E-state index in [1.165, 1.54) is 11.1 Å². The Morgan fingerprint density at radius 3 is 2.41 bits per heavy atom. The predicted octanol–water partition coefficient (Wildman–Crippen LogP) is 4.54. The van der Waals surface area contributed by atoms with E-state index >= 15 is 0 Å². The standard InChI is InChI=1S/C18H20N2OS/c1-4-12-6-7-15-16(9-12)22-17-10-13(5-2)8-14(19)18(17)20(15)11(3)21/h6-10H,4-5,19H2,1-3H3. The Balaban J connectivity index is 2.22. The van der Waals surface area contributed by atoms with Gasteiger partial charge in [-0.25, -0.2) is 0 Å². The lowest BCUT2D eigenvalue weighted by Gasteiger charge is -2.32. The fraction of sp³-hybridized carbons (Fsp3) is 0.278. The highest BCUT2D eigenvalue weighted by Crippen LogP contribution is 2.51. The maximum Gasteiger partial charge on any atom is 0.228 e. The van der Waals surface area contributed by atoms with Crippen molar-refractivity contribution in [2.45, 2.75) is 43.4 Å². The van der Waals surface area contributed by atoms with E-state index in [-0.39, 0.29) is 5.91 Å². The Morgan fingerprint density at radius 1 is 1.09 bits per heavy atom. The van der Waals surface area contributed by atoms with Gasteiger partial charge in [-0.1, -0.05) is 31.7 Å². The molecule has 1 aliphatic rings. The van der Waals surface area contributed by atoms with Crippen LogP contribution in [0, 0.1) is 0 Å². The monoisotopic (exact) mass is 312 g/mol. The largest absolute Gasteiger partial charge is 0.397 e. The number of nitrogens with two attached hydrogens (primary N) is 1. The summed E-state index contributed by atoms with van der Waals surface area (Å²) in [6.45, 7) is 5.84. The van der Waals surface area contributed by atoms with Gasteiger partial charge in [0.15, 0.2) is 0 Å². The van der Waals surface area contributed by atoms with Gasteiger partial charge < -0.3 is 5.73 Å². The molecule has 2 aromatic carbocycles. The number of aryl methyl sites for hydroxylation is 2. The number of carbonyl (C=O) groups is 1. The number of hydrogen-bond acceptors (Lipinski definition) is 3. The van der Waals surface area contributed by atoms with Gasteiger partial charge in [0.1, 0.15) is 0 Å². The molecule has 0 aromatic heterocycles. The third kappa shape index (κ3) is 2.37.